The quantitative estimate of drug-likeness (QED) is 0.587. The van der Waals surface area contributed by atoms with E-state index < -0.39 is 30.0 Å². The number of benzene rings is 1. The molecule has 1 N–H and O–H groups in total. The summed E-state index contributed by atoms with van der Waals surface area (Å²) >= 11 is 0. The molecule has 162 valence electrons. The highest BCUT2D eigenvalue weighted by Gasteiger charge is 2.49. The zero-order valence-electron chi connectivity index (χ0n) is 17.6. The van der Waals surface area contributed by atoms with Crippen LogP contribution in [0.1, 0.15) is 50.2 Å². The lowest BCUT2D eigenvalue weighted by Gasteiger charge is -2.24. The van der Waals surface area contributed by atoms with Gasteiger partial charge in [0.05, 0.1) is 0 Å². The molecule has 30 heavy (non-hydrogen) atoms. The molecule has 0 radical (unpaired) electrons. The standard InChI is InChI=1S/C22H29N3O5/c1-16-8-10-17(11-9-16)22(2)20(28)25(21(29)23-22)14-19(27)30-15-18(26)24-12-6-4-3-5-7-13-24/h8-11H,3-7,12-15H2,1-2H3,(H,23,29)/t22-/m0/s1. The summed E-state index contributed by atoms with van der Waals surface area (Å²) in [5, 5.41) is 2.66. The smallest absolute Gasteiger partial charge is 0.326 e. The number of carbonyl (C=O) groups excluding carboxylic acids is 4. The molecule has 0 saturated carbocycles. The van der Waals surface area contributed by atoms with Crippen molar-refractivity contribution in [3.05, 3.63) is 35.4 Å². The molecule has 1 aromatic carbocycles. The minimum atomic E-state index is -1.24. The summed E-state index contributed by atoms with van der Waals surface area (Å²) < 4.78 is 5.07. The van der Waals surface area contributed by atoms with E-state index in [0.29, 0.717) is 18.7 Å². The lowest BCUT2D eigenvalue weighted by molar-refractivity contribution is -0.154. The zero-order chi connectivity index (χ0) is 21.7. The number of esters is 1. The van der Waals surface area contributed by atoms with E-state index in [9.17, 15) is 19.2 Å². The maximum Gasteiger partial charge on any atom is 0.326 e. The summed E-state index contributed by atoms with van der Waals surface area (Å²) in [6.45, 7) is 3.96. The number of rotatable bonds is 5. The number of aryl methyl sites for hydroxylation is 1. The Morgan fingerprint density at radius 2 is 1.63 bits per heavy atom. The molecule has 0 aromatic heterocycles. The van der Waals surface area contributed by atoms with Crippen molar-refractivity contribution in [1.29, 1.82) is 0 Å². The van der Waals surface area contributed by atoms with Crippen LogP contribution in [-0.2, 0) is 24.7 Å². The van der Waals surface area contributed by atoms with Gasteiger partial charge in [-0.3, -0.25) is 19.3 Å². The average molecular weight is 415 g/mol. The van der Waals surface area contributed by atoms with Crippen LogP contribution in [0.15, 0.2) is 24.3 Å². The van der Waals surface area contributed by atoms with Crippen molar-refractivity contribution in [2.45, 2.75) is 51.5 Å². The summed E-state index contributed by atoms with van der Waals surface area (Å²) in [4.78, 5) is 52.3. The Morgan fingerprint density at radius 1 is 1.03 bits per heavy atom. The van der Waals surface area contributed by atoms with E-state index >= 15 is 0 Å². The minimum absolute atomic E-state index is 0.244. The molecule has 0 bridgehead atoms. The molecule has 0 aliphatic carbocycles. The summed E-state index contributed by atoms with van der Waals surface area (Å²) in [5.74, 6) is -1.55. The predicted molar refractivity (Wildman–Crippen MR) is 109 cm³/mol. The van der Waals surface area contributed by atoms with Gasteiger partial charge in [0.15, 0.2) is 6.61 Å². The Kier molecular flexibility index (Phi) is 6.74. The van der Waals surface area contributed by atoms with Gasteiger partial charge in [0.2, 0.25) is 0 Å². The number of likely N-dealkylation sites (tertiary alicyclic amines) is 1. The minimum Gasteiger partial charge on any atom is -0.454 e. The van der Waals surface area contributed by atoms with Crippen LogP contribution in [0.5, 0.6) is 0 Å². The van der Waals surface area contributed by atoms with Crippen molar-refractivity contribution >= 4 is 23.8 Å². The third kappa shape index (κ3) is 4.80. The predicted octanol–water partition coefficient (Wildman–Crippen LogP) is 2.10. The van der Waals surface area contributed by atoms with Gasteiger partial charge in [0, 0.05) is 13.1 Å². The SMILES string of the molecule is Cc1ccc([C@]2(C)NC(=O)N(CC(=O)OCC(=O)N3CCCCCCC3)C2=O)cc1. The van der Waals surface area contributed by atoms with E-state index in [2.05, 4.69) is 5.32 Å². The van der Waals surface area contributed by atoms with Crippen LogP contribution in [-0.4, -0.2) is 59.9 Å². The van der Waals surface area contributed by atoms with E-state index in [1.54, 1.807) is 24.0 Å². The molecular weight excluding hydrogens is 386 g/mol. The number of hydrogen-bond donors (Lipinski definition) is 1. The summed E-state index contributed by atoms with van der Waals surface area (Å²) in [6.07, 6.45) is 5.26. The van der Waals surface area contributed by atoms with Gasteiger partial charge in [-0.25, -0.2) is 4.79 Å². The monoisotopic (exact) mass is 415 g/mol. The van der Waals surface area contributed by atoms with Gasteiger partial charge in [0.25, 0.3) is 11.8 Å². The van der Waals surface area contributed by atoms with Crippen molar-refractivity contribution in [3.63, 3.8) is 0 Å². The largest absolute Gasteiger partial charge is 0.454 e. The van der Waals surface area contributed by atoms with Crippen molar-refractivity contribution in [1.82, 2.24) is 15.1 Å². The zero-order valence-corrected chi connectivity index (χ0v) is 17.6. The Bertz CT molecular complexity index is 815. The first kappa shape index (κ1) is 21.8. The lowest BCUT2D eigenvalue weighted by Crippen LogP contribution is -2.42. The molecule has 2 saturated heterocycles. The highest BCUT2D eigenvalue weighted by molar-refractivity contribution is 6.08. The number of hydrogen-bond acceptors (Lipinski definition) is 5. The molecule has 3 rings (SSSR count). The molecule has 2 fully saturated rings. The number of amides is 4. The number of carbonyl (C=O) groups is 4. The first-order chi connectivity index (χ1) is 14.3. The molecule has 0 spiro atoms. The molecule has 2 aliphatic rings. The van der Waals surface area contributed by atoms with Crippen molar-refractivity contribution in [2.75, 3.05) is 26.2 Å². The normalized spacial score (nSPS) is 22.3. The third-order valence-corrected chi connectivity index (χ3v) is 5.76. The number of nitrogens with one attached hydrogen (secondary N) is 1. The average Bonchev–Trinajstić information content (AvgIpc) is 2.90. The molecule has 1 atom stereocenters. The Labute approximate surface area is 176 Å². The summed E-state index contributed by atoms with van der Waals surface area (Å²) in [5.41, 5.74) is 0.421. The first-order valence-corrected chi connectivity index (χ1v) is 10.5. The highest BCUT2D eigenvalue weighted by Crippen LogP contribution is 2.28. The summed E-state index contributed by atoms with van der Waals surface area (Å²) in [6, 6.07) is 6.60. The van der Waals surface area contributed by atoms with E-state index in [0.717, 1.165) is 36.1 Å². The van der Waals surface area contributed by atoms with Gasteiger partial charge < -0.3 is 15.0 Å². The van der Waals surface area contributed by atoms with Crippen LogP contribution in [0.4, 0.5) is 4.79 Å². The van der Waals surface area contributed by atoms with E-state index in [1.807, 2.05) is 19.1 Å². The number of urea groups is 1. The van der Waals surface area contributed by atoms with E-state index in [1.165, 1.54) is 6.42 Å². The van der Waals surface area contributed by atoms with Gasteiger partial charge >= 0.3 is 12.0 Å². The van der Waals surface area contributed by atoms with E-state index in [-0.39, 0.29) is 12.5 Å². The fourth-order valence-corrected chi connectivity index (χ4v) is 3.83. The Hall–Kier alpha value is -2.90. The van der Waals surface area contributed by atoms with Crippen molar-refractivity contribution < 1.29 is 23.9 Å². The van der Waals surface area contributed by atoms with Crippen LogP contribution in [0, 0.1) is 6.92 Å². The summed E-state index contributed by atoms with van der Waals surface area (Å²) in [7, 11) is 0. The highest BCUT2D eigenvalue weighted by atomic mass is 16.5. The fourth-order valence-electron chi connectivity index (χ4n) is 3.83. The number of imide groups is 1. The maximum atomic E-state index is 12.9. The van der Waals surface area contributed by atoms with Gasteiger partial charge in [-0.2, -0.15) is 0 Å². The van der Waals surface area contributed by atoms with Crippen LogP contribution >= 0.6 is 0 Å². The van der Waals surface area contributed by atoms with Crippen LogP contribution in [0.2, 0.25) is 0 Å². The molecule has 1 aromatic rings. The number of nitrogens with zero attached hydrogens (tertiary/aromatic N) is 2. The molecule has 4 amide bonds. The fraction of sp³-hybridized carbons (Fsp3) is 0.545. The van der Waals surface area contributed by atoms with Gasteiger partial charge in [-0.05, 0) is 32.3 Å². The second-order valence-corrected chi connectivity index (χ2v) is 8.12. The van der Waals surface area contributed by atoms with Crippen molar-refractivity contribution in [2.24, 2.45) is 0 Å². The molecule has 2 heterocycles. The molecule has 2 aliphatic heterocycles. The molecule has 8 heteroatoms. The van der Waals surface area contributed by atoms with E-state index in [4.69, 9.17) is 4.74 Å². The van der Waals surface area contributed by atoms with Gasteiger partial charge in [0.1, 0.15) is 12.1 Å². The van der Waals surface area contributed by atoms with Crippen LogP contribution in [0.3, 0.4) is 0 Å². The molecule has 8 nitrogen and oxygen atoms in total. The maximum absolute atomic E-state index is 12.9. The third-order valence-electron chi connectivity index (χ3n) is 5.76. The second-order valence-electron chi connectivity index (χ2n) is 8.12. The number of ether oxygens (including phenoxy) is 1. The van der Waals surface area contributed by atoms with Crippen molar-refractivity contribution in [3.8, 4) is 0 Å². The van der Waals surface area contributed by atoms with Crippen LogP contribution < -0.4 is 5.32 Å². The second kappa shape index (κ2) is 9.28. The Morgan fingerprint density at radius 3 is 2.27 bits per heavy atom. The van der Waals surface area contributed by atoms with Gasteiger partial charge in [-0.1, -0.05) is 49.1 Å². The first-order valence-electron chi connectivity index (χ1n) is 10.5. The topological polar surface area (TPSA) is 96.0 Å². The van der Waals surface area contributed by atoms with Gasteiger partial charge in [-0.15, -0.1) is 0 Å². The molecule has 0 unspecified atom stereocenters. The molecular formula is C22H29N3O5. The lowest BCUT2D eigenvalue weighted by atomic mass is 9.91. The van der Waals surface area contributed by atoms with Crippen LogP contribution in [0.25, 0.3) is 0 Å². The Balaban J connectivity index is 1.55.